The van der Waals surface area contributed by atoms with E-state index in [0.29, 0.717) is 11.3 Å². The summed E-state index contributed by atoms with van der Waals surface area (Å²) in [4.78, 5) is 14.1. The van der Waals surface area contributed by atoms with Crippen molar-refractivity contribution in [3.05, 3.63) is 82.3 Å². The smallest absolute Gasteiger partial charge is 0.160 e. The lowest BCUT2D eigenvalue weighted by molar-refractivity contribution is 0.624. The molecular weight excluding hydrogens is 345 g/mol. The Hall–Kier alpha value is -3.61. The van der Waals surface area contributed by atoms with E-state index in [0.717, 1.165) is 33.3 Å². The van der Waals surface area contributed by atoms with Crippen molar-refractivity contribution in [3.63, 3.8) is 0 Å². The number of anilines is 1. The van der Waals surface area contributed by atoms with Crippen LogP contribution in [0.4, 0.5) is 10.1 Å². The van der Waals surface area contributed by atoms with E-state index in [1.807, 2.05) is 36.5 Å². The lowest BCUT2D eigenvalue weighted by Crippen LogP contribution is -2.11. The van der Waals surface area contributed by atoms with Crippen LogP contribution in [-0.2, 0) is 6.54 Å². The summed E-state index contributed by atoms with van der Waals surface area (Å²) in [5.41, 5.74) is 5.48. The van der Waals surface area contributed by atoms with Crippen LogP contribution in [-0.4, -0.2) is 15.2 Å². The molecule has 1 unspecified atom stereocenters. The van der Waals surface area contributed by atoms with Gasteiger partial charge in [-0.3, -0.25) is 0 Å². The van der Waals surface area contributed by atoms with Gasteiger partial charge in [-0.1, -0.05) is 35.5 Å². The summed E-state index contributed by atoms with van der Waals surface area (Å²) in [5, 5.41) is 15.8. The number of nitrogens with one attached hydrogen (secondary N) is 2. The van der Waals surface area contributed by atoms with E-state index in [-0.39, 0.29) is 18.4 Å². The van der Waals surface area contributed by atoms with Gasteiger partial charge in [0, 0.05) is 34.0 Å². The van der Waals surface area contributed by atoms with Gasteiger partial charge in [-0.2, -0.15) is 10.0 Å². The van der Waals surface area contributed by atoms with Crippen molar-refractivity contribution in [2.75, 3.05) is 5.32 Å². The van der Waals surface area contributed by atoms with Crippen LogP contribution in [0.5, 0.6) is 0 Å². The molecule has 7 heteroatoms. The number of nitrogens with zero attached hydrogens (tertiary/aromatic N) is 3. The molecule has 1 aliphatic rings. The molecule has 6 nitrogen and oxygen atoms in total. The zero-order chi connectivity index (χ0) is 18.4. The molecule has 1 atom stereocenters. The molecule has 132 valence electrons. The summed E-state index contributed by atoms with van der Waals surface area (Å²) >= 11 is 0. The Morgan fingerprint density at radius 3 is 2.85 bits per heavy atom. The van der Waals surface area contributed by atoms with E-state index < -0.39 is 0 Å². The minimum absolute atomic E-state index is 0.0676. The van der Waals surface area contributed by atoms with Gasteiger partial charge in [0.05, 0.1) is 11.7 Å². The molecule has 2 aromatic carbocycles. The number of rotatable bonds is 3. The fourth-order valence-corrected chi connectivity index (χ4v) is 3.77. The summed E-state index contributed by atoms with van der Waals surface area (Å²) < 4.78 is 13.9. The second-order valence-corrected chi connectivity index (χ2v) is 6.45. The van der Waals surface area contributed by atoms with Gasteiger partial charge in [0.2, 0.25) is 0 Å². The average molecular weight is 359 g/mol. The Morgan fingerprint density at radius 1 is 1.11 bits per heavy atom. The van der Waals surface area contributed by atoms with Gasteiger partial charge < -0.3 is 10.3 Å². The quantitative estimate of drug-likeness (QED) is 0.526. The number of aromatic nitrogens is 3. The summed E-state index contributed by atoms with van der Waals surface area (Å²) in [6.07, 6.45) is 1.86. The zero-order valence-electron chi connectivity index (χ0n) is 14.1. The number of benzene rings is 2. The largest absolute Gasteiger partial charge is 0.374 e. The molecule has 5 rings (SSSR count). The molecule has 0 radical (unpaired) electrons. The Bertz CT molecular complexity index is 1190. The zero-order valence-corrected chi connectivity index (χ0v) is 14.1. The van der Waals surface area contributed by atoms with Crippen LogP contribution >= 0.6 is 0 Å². The number of nitroso groups, excluding NO2 is 1. The van der Waals surface area contributed by atoms with Crippen LogP contribution < -0.4 is 5.32 Å². The highest BCUT2D eigenvalue weighted by Gasteiger charge is 2.28. The van der Waals surface area contributed by atoms with Crippen LogP contribution in [0.2, 0.25) is 0 Å². The number of fused-ring (bicyclic) bond motifs is 2. The van der Waals surface area contributed by atoms with E-state index in [1.165, 1.54) is 12.1 Å². The first-order chi connectivity index (χ1) is 13.3. The van der Waals surface area contributed by atoms with Crippen molar-refractivity contribution in [1.82, 2.24) is 15.2 Å². The van der Waals surface area contributed by atoms with Gasteiger partial charge in [0.15, 0.2) is 5.65 Å². The first-order valence-electron chi connectivity index (χ1n) is 8.53. The van der Waals surface area contributed by atoms with E-state index in [2.05, 4.69) is 25.7 Å². The van der Waals surface area contributed by atoms with Crippen LogP contribution in [0.3, 0.4) is 0 Å². The molecule has 2 aromatic heterocycles. The van der Waals surface area contributed by atoms with Crippen LogP contribution in [0.25, 0.3) is 22.2 Å². The number of halogens is 1. The SMILES string of the molecule is O=NCc1nnc2[nH]cc3c2c1-c1ccccc1NC3c1cccc(F)c1. The molecule has 1 aliphatic heterocycles. The van der Waals surface area contributed by atoms with Crippen LogP contribution in [0, 0.1) is 10.7 Å². The molecule has 0 aliphatic carbocycles. The van der Waals surface area contributed by atoms with Gasteiger partial charge in [-0.05, 0) is 23.8 Å². The maximum Gasteiger partial charge on any atom is 0.160 e. The molecule has 2 N–H and O–H groups in total. The molecule has 3 heterocycles. The first kappa shape index (κ1) is 15.6. The van der Waals surface area contributed by atoms with Crippen molar-refractivity contribution >= 4 is 16.7 Å². The second-order valence-electron chi connectivity index (χ2n) is 6.45. The first-order valence-corrected chi connectivity index (χ1v) is 8.53. The minimum atomic E-state index is -0.294. The highest BCUT2D eigenvalue weighted by molar-refractivity contribution is 6.02. The number of hydrogen-bond acceptors (Lipinski definition) is 5. The number of hydrogen-bond donors (Lipinski definition) is 2. The van der Waals surface area contributed by atoms with Crippen LogP contribution in [0.1, 0.15) is 22.9 Å². The van der Waals surface area contributed by atoms with E-state index in [1.54, 1.807) is 6.07 Å². The van der Waals surface area contributed by atoms with Crippen molar-refractivity contribution < 1.29 is 4.39 Å². The maximum absolute atomic E-state index is 13.9. The van der Waals surface area contributed by atoms with Gasteiger partial charge in [0.1, 0.15) is 12.4 Å². The summed E-state index contributed by atoms with van der Waals surface area (Å²) in [6.45, 7) is -0.0676. The summed E-state index contributed by atoms with van der Waals surface area (Å²) in [7, 11) is 0. The van der Waals surface area contributed by atoms with Gasteiger partial charge in [0.25, 0.3) is 0 Å². The van der Waals surface area contributed by atoms with Gasteiger partial charge >= 0.3 is 0 Å². The predicted molar refractivity (Wildman–Crippen MR) is 101 cm³/mol. The van der Waals surface area contributed by atoms with Crippen molar-refractivity contribution in [3.8, 4) is 11.1 Å². The number of H-pyrrole nitrogens is 1. The third-order valence-corrected chi connectivity index (χ3v) is 4.90. The molecule has 0 amide bonds. The Labute approximate surface area is 153 Å². The number of para-hydroxylation sites is 1. The summed E-state index contributed by atoms with van der Waals surface area (Å²) in [6, 6.07) is 14.0. The third-order valence-electron chi connectivity index (χ3n) is 4.90. The fourth-order valence-electron chi connectivity index (χ4n) is 3.77. The monoisotopic (exact) mass is 359 g/mol. The molecule has 0 saturated carbocycles. The summed E-state index contributed by atoms with van der Waals surface area (Å²) in [5.74, 6) is -0.294. The standard InChI is InChI=1S/C20H14FN5O/c21-12-5-3-4-11(8-12)19-14-9-22-20-18(14)17(16(10-23-27)25-26-20)13-6-1-2-7-15(13)24-19/h1-9,19,24H,10H2,(H,22,26). The lowest BCUT2D eigenvalue weighted by atomic mass is 9.96. The van der Waals surface area contributed by atoms with E-state index in [9.17, 15) is 9.30 Å². The van der Waals surface area contributed by atoms with Crippen molar-refractivity contribution in [2.45, 2.75) is 12.6 Å². The maximum atomic E-state index is 13.9. The molecule has 0 fully saturated rings. The van der Waals surface area contributed by atoms with Crippen LogP contribution in [0.15, 0.2) is 59.9 Å². The molecule has 4 aromatic rings. The Kier molecular flexibility index (Phi) is 3.46. The fraction of sp³-hybridized carbons (Fsp3) is 0.100. The topological polar surface area (TPSA) is 83.0 Å². The van der Waals surface area contributed by atoms with Gasteiger partial charge in [-0.15, -0.1) is 5.10 Å². The second kappa shape index (κ2) is 5.98. The van der Waals surface area contributed by atoms with E-state index >= 15 is 0 Å². The molecule has 27 heavy (non-hydrogen) atoms. The molecule has 0 saturated heterocycles. The number of aromatic amines is 1. The molecule has 0 bridgehead atoms. The lowest BCUT2D eigenvalue weighted by Gasteiger charge is -2.19. The van der Waals surface area contributed by atoms with Crippen molar-refractivity contribution in [1.29, 1.82) is 0 Å². The average Bonchev–Trinajstić information content (AvgIpc) is 3.04. The van der Waals surface area contributed by atoms with E-state index in [4.69, 9.17) is 0 Å². The Balaban J connectivity index is 1.87. The normalized spacial score (nSPS) is 15.1. The predicted octanol–water partition coefficient (Wildman–Crippen LogP) is 4.55. The van der Waals surface area contributed by atoms with Gasteiger partial charge in [-0.25, -0.2) is 4.39 Å². The highest BCUT2D eigenvalue weighted by atomic mass is 19.1. The third kappa shape index (κ3) is 2.39. The van der Waals surface area contributed by atoms with Crippen molar-refractivity contribution in [2.24, 2.45) is 5.18 Å². The highest BCUT2D eigenvalue weighted by Crippen LogP contribution is 2.44. The molecular formula is C20H14FN5O. The molecule has 0 spiro atoms. The minimum Gasteiger partial charge on any atom is -0.374 e. The Morgan fingerprint density at radius 2 is 2.00 bits per heavy atom.